The molecule has 0 spiro atoms. The fourth-order valence-electron chi connectivity index (χ4n) is 1.98. The average molecular weight is 274 g/mol. The van der Waals surface area contributed by atoms with E-state index in [1.165, 1.54) is 0 Å². The summed E-state index contributed by atoms with van der Waals surface area (Å²) in [5, 5.41) is 0. The minimum absolute atomic E-state index is 0.145. The summed E-state index contributed by atoms with van der Waals surface area (Å²) in [4.78, 5) is 20.5. The largest absolute Gasteiger partial charge is 0.461 e. The summed E-state index contributed by atoms with van der Waals surface area (Å²) in [7, 11) is 0. The van der Waals surface area contributed by atoms with E-state index in [-0.39, 0.29) is 18.1 Å². The number of rotatable bonds is 4. The Labute approximate surface area is 117 Å². The molecule has 106 valence electrons. The van der Waals surface area contributed by atoms with Crippen molar-refractivity contribution in [3.8, 4) is 5.82 Å². The second-order valence-corrected chi connectivity index (χ2v) is 4.31. The molecule has 0 saturated carbocycles. The van der Waals surface area contributed by atoms with Crippen LogP contribution in [-0.4, -0.2) is 27.1 Å². The second-order valence-electron chi connectivity index (χ2n) is 4.31. The van der Waals surface area contributed by atoms with E-state index in [4.69, 9.17) is 10.5 Å². The smallest absolute Gasteiger partial charge is 0.360 e. The van der Waals surface area contributed by atoms with Gasteiger partial charge in [0, 0.05) is 12.1 Å². The molecule has 0 amide bonds. The number of anilines is 1. The lowest BCUT2D eigenvalue weighted by atomic mass is 10.3. The van der Waals surface area contributed by atoms with Gasteiger partial charge < -0.3 is 10.5 Å². The van der Waals surface area contributed by atoms with Gasteiger partial charge in [-0.3, -0.25) is 4.57 Å². The number of esters is 1. The number of pyridine rings is 1. The third-order valence-electron chi connectivity index (χ3n) is 2.87. The van der Waals surface area contributed by atoms with Gasteiger partial charge in [0.05, 0.1) is 6.61 Å². The van der Waals surface area contributed by atoms with Crippen molar-refractivity contribution in [2.75, 3.05) is 12.3 Å². The highest BCUT2D eigenvalue weighted by Crippen LogP contribution is 2.21. The van der Waals surface area contributed by atoms with Gasteiger partial charge >= 0.3 is 5.97 Å². The summed E-state index contributed by atoms with van der Waals surface area (Å²) >= 11 is 0. The number of nitrogen functional groups attached to an aromatic ring is 1. The molecular formula is C14H18N4O2. The maximum absolute atomic E-state index is 11.8. The molecule has 0 aliphatic carbocycles. The third kappa shape index (κ3) is 2.49. The van der Waals surface area contributed by atoms with Gasteiger partial charge in [0.15, 0.2) is 5.69 Å². The van der Waals surface area contributed by atoms with Crippen molar-refractivity contribution in [1.82, 2.24) is 14.5 Å². The van der Waals surface area contributed by atoms with E-state index in [9.17, 15) is 4.79 Å². The third-order valence-corrected chi connectivity index (χ3v) is 2.87. The second kappa shape index (κ2) is 5.73. The Morgan fingerprint density at radius 3 is 2.70 bits per heavy atom. The van der Waals surface area contributed by atoms with Crippen LogP contribution in [0, 0.1) is 6.92 Å². The number of aromatic nitrogens is 3. The van der Waals surface area contributed by atoms with Crippen LogP contribution in [0.15, 0.2) is 18.2 Å². The molecule has 2 N–H and O–H groups in total. The van der Waals surface area contributed by atoms with E-state index in [0.29, 0.717) is 18.1 Å². The van der Waals surface area contributed by atoms with Gasteiger partial charge in [-0.1, -0.05) is 13.0 Å². The van der Waals surface area contributed by atoms with Crippen LogP contribution in [0.1, 0.15) is 35.9 Å². The molecule has 6 heteroatoms. The molecule has 2 heterocycles. The van der Waals surface area contributed by atoms with Crippen molar-refractivity contribution in [2.24, 2.45) is 0 Å². The average Bonchev–Trinajstić information content (AvgIpc) is 2.76. The van der Waals surface area contributed by atoms with Crippen LogP contribution in [0.3, 0.4) is 0 Å². The highest BCUT2D eigenvalue weighted by atomic mass is 16.5. The molecule has 0 aromatic carbocycles. The summed E-state index contributed by atoms with van der Waals surface area (Å²) in [6.07, 6.45) is 0.638. The van der Waals surface area contributed by atoms with Crippen molar-refractivity contribution < 1.29 is 9.53 Å². The minimum atomic E-state index is -0.508. The van der Waals surface area contributed by atoms with Crippen LogP contribution in [0.25, 0.3) is 5.82 Å². The van der Waals surface area contributed by atoms with Crippen LogP contribution < -0.4 is 5.73 Å². The number of hydrogen-bond acceptors (Lipinski definition) is 5. The number of carbonyl (C=O) groups is 1. The highest BCUT2D eigenvalue weighted by molar-refractivity contribution is 5.92. The number of nitrogens with zero attached hydrogens (tertiary/aromatic N) is 3. The topological polar surface area (TPSA) is 83.0 Å². The first-order chi connectivity index (χ1) is 9.58. The Morgan fingerprint density at radius 2 is 2.10 bits per heavy atom. The Kier molecular flexibility index (Phi) is 4.02. The summed E-state index contributed by atoms with van der Waals surface area (Å²) < 4.78 is 6.66. The van der Waals surface area contributed by atoms with Gasteiger partial charge in [0.25, 0.3) is 0 Å². The zero-order valence-corrected chi connectivity index (χ0v) is 11.9. The molecule has 0 aliphatic heterocycles. The molecule has 0 unspecified atom stereocenters. The Morgan fingerprint density at radius 1 is 1.35 bits per heavy atom. The van der Waals surface area contributed by atoms with Crippen molar-refractivity contribution in [3.63, 3.8) is 0 Å². The normalized spacial score (nSPS) is 10.6. The Balaban J connectivity index is 2.55. The molecule has 0 atom stereocenters. The maximum atomic E-state index is 11.8. The van der Waals surface area contributed by atoms with Crippen LogP contribution in [0.5, 0.6) is 0 Å². The molecule has 0 aliphatic rings. The minimum Gasteiger partial charge on any atom is -0.461 e. The lowest BCUT2D eigenvalue weighted by Gasteiger charge is -2.08. The molecule has 0 radical (unpaired) electrons. The summed E-state index contributed by atoms with van der Waals surface area (Å²) in [6.45, 7) is 5.88. The monoisotopic (exact) mass is 274 g/mol. The van der Waals surface area contributed by atoms with Gasteiger partial charge in [0.2, 0.25) is 0 Å². The maximum Gasteiger partial charge on any atom is 0.360 e. The lowest BCUT2D eigenvalue weighted by molar-refractivity contribution is 0.0521. The van der Waals surface area contributed by atoms with E-state index in [1.807, 2.05) is 32.0 Å². The fourth-order valence-corrected chi connectivity index (χ4v) is 1.98. The lowest BCUT2D eigenvalue weighted by Crippen LogP contribution is -2.10. The first kappa shape index (κ1) is 14.0. The Hall–Kier alpha value is -2.37. The molecule has 6 nitrogen and oxygen atoms in total. The van der Waals surface area contributed by atoms with Gasteiger partial charge in [0.1, 0.15) is 17.5 Å². The van der Waals surface area contributed by atoms with Gasteiger partial charge in [-0.2, -0.15) is 0 Å². The van der Waals surface area contributed by atoms with Gasteiger partial charge in [-0.05, 0) is 26.0 Å². The van der Waals surface area contributed by atoms with E-state index < -0.39 is 5.97 Å². The molecule has 0 bridgehead atoms. The number of nitrogens with two attached hydrogens (primary N) is 1. The first-order valence-electron chi connectivity index (χ1n) is 6.56. The van der Waals surface area contributed by atoms with E-state index in [0.717, 1.165) is 5.69 Å². The standard InChI is InChI=1S/C14H18N4O2/c1-4-10-17-12(14(19)20-5-2)13(15)18(10)11-8-6-7-9(3)16-11/h6-8H,4-5,15H2,1-3H3. The molecule has 0 saturated heterocycles. The fraction of sp³-hybridized carbons (Fsp3) is 0.357. The summed E-state index contributed by atoms with van der Waals surface area (Å²) in [5.74, 6) is 1.09. The van der Waals surface area contributed by atoms with E-state index in [2.05, 4.69) is 9.97 Å². The molecule has 2 aromatic rings. The molecule has 2 rings (SSSR count). The van der Waals surface area contributed by atoms with Crippen LogP contribution in [-0.2, 0) is 11.2 Å². The Bertz CT molecular complexity index is 634. The zero-order valence-electron chi connectivity index (χ0n) is 11.9. The van der Waals surface area contributed by atoms with Gasteiger partial charge in [-0.15, -0.1) is 0 Å². The first-order valence-corrected chi connectivity index (χ1v) is 6.56. The van der Waals surface area contributed by atoms with Crippen molar-refractivity contribution >= 4 is 11.8 Å². The van der Waals surface area contributed by atoms with E-state index >= 15 is 0 Å². The molecule has 0 fully saturated rings. The predicted molar refractivity (Wildman–Crippen MR) is 75.8 cm³/mol. The van der Waals surface area contributed by atoms with Crippen molar-refractivity contribution in [1.29, 1.82) is 0 Å². The number of imidazole rings is 1. The van der Waals surface area contributed by atoms with E-state index in [1.54, 1.807) is 11.5 Å². The summed E-state index contributed by atoms with van der Waals surface area (Å²) in [5.41, 5.74) is 7.07. The quantitative estimate of drug-likeness (QED) is 0.861. The SMILES string of the molecule is CCOC(=O)c1nc(CC)n(-c2cccc(C)n2)c1N. The predicted octanol–water partition coefficient (Wildman–Crippen LogP) is 1.90. The highest BCUT2D eigenvalue weighted by Gasteiger charge is 2.22. The molecular weight excluding hydrogens is 256 g/mol. The number of aryl methyl sites for hydroxylation is 2. The van der Waals surface area contributed by atoms with Crippen molar-refractivity contribution in [3.05, 3.63) is 35.4 Å². The van der Waals surface area contributed by atoms with Crippen LogP contribution in [0.2, 0.25) is 0 Å². The number of hydrogen-bond donors (Lipinski definition) is 1. The number of ether oxygens (including phenoxy) is 1. The zero-order chi connectivity index (χ0) is 14.7. The van der Waals surface area contributed by atoms with Crippen LogP contribution in [0.4, 0.5) is 5.82 Å². The van der Waals surface area contributed by atoms with Crippen LogP contribution >= 0.6 is 0 Å². The molecule has 2 aromatic heterocycles. The molecule has 20 heavy (non-hydrogen) atoms. The number of carbonyl (C=O) groups excluding carboxylic acids is 1. The summed E-state index contributed by atoms with van der Waals surface area (Å²) in [6, 6.07) is 5.62. The van der Waals surface area contributed by atoms with Crippen molar-refractivity contribution in [2.45, 2.75) is 27.2 Å². The van der Waals surface area contributed by atoms with Gasteiger partial charge in [-0.25, -0.2) is 14.8 Å².